The van der Waals surface area contributed by atoms with Gasteiger partial charge in [-0.1, -0.05) is 6.07 Å². The number of benzene rings is 2. The first kappa shape index (κ1) is 19.4. The Labute approximate surface area is 164 Å². The number of hydrogen-bond acceptors (Lipinski definition) is 6. The van der Waals surface area contributed by atoms with Crippen LogP contribution in [0.25, 0.3) is 0 Å². The van der Waals surface area contributed by atoms with Gasteiger partial charge < -0.3 is 14.8 Å². The maximum atomic E-state index is 12.0. The van der Waals surface area contributed by atoms with Gasteiger partial charge in [0.1, 0.15) is 11.5 Å². The van der Waals surface area contributed by atoms with E-state index >= 15 is 0 Å². The highest BCUT2D eigenvalue weighted by Crippen LogP contribution is 2.19. The van der Waals surface area contributed by atoms with Gasteiger partial charge in [-0.05, 0) is 81.3 Å². The van der Waals surface area contributed by atoms with E-state index in [4.69, 9.17) is 9.47 Å². The molecule has 0 aliphatic heterocycles. The Morgan fingerprint density at radius 3 is 2.07 bits per heavy atom. The van der Waals surface area contributed by atoms with Crippen LogP contribution in [0, 0.1) is 27.7 Å². The lowest BCUT2D eigenvalue weighted by Crippen LogP contribution is -2.17. The third kappa shape index (κ3) is 5.54. The fourth-order valence-electron chi connectivity index (χ4n) is 2.84. The molecule has 3 rings (SSSR count). The second-order valence-corrected chi connectivity index (χ2v) is 6.71. The van der Waals surface area contributed by atoms with Gasteiger partial charge in [0.25, 0.3) is 0 Å². The zero-order chi connectivity index (χ0) is 20.1. The minimum Gasteiger partial charge on any atom is -0.482 e. The molecule has 2 aromatic carbocycles. The van der Waals surface area contributed by atoms with E-state index in [-0.39, 0.29) is 6.61 Å². The van der Waals surface area contributed by atoms with Crippen molar-refractivity contribution in [2.75, 3.05) is 11.9 Å². The van der Waals surface area contributed by atoms with Crippen molar-refractivity contribution < 1.29 is 14.3 Å². The maximum Gasteiger partial charge on any atom is 0.349 e. The van der Waals surface area contributed by atoms with Crippen molar-refractivity contribution in [3.8, 4) is 11.5 Å². The van der Waals surface area contributed by atoms with Gasteiger partial charge in [-0.25, -0.2) is 14.8 Å². The number of rotatable bonds is 6. The number of aryl methyl sites for hydroxylation is 4. The molecule has 0 unspecified atom stereocenters. The zero-order valence-electron chi connectivity index (χ0n) is 16.4. The summed E-state index contributed by atoms with van der Waals surface area (Å²) in [6.45, 7) is 7.65. The first-order valence-electron chi connectivity index (χ1n) is 8.98. The fraction of sp³-hybridized carbons (Fsp3) is 0.227. The van der Waals surface area contributed by atoms with Crippen LogP contribution in [0.3, 0.4) is 0 Å². The highest BCUT2D eigenvalue weighted by Gasteiger charge is 2.08. The molecule has 28 heavy (non-hydrogen) atoms. The molecule has 1 N–H and O–H groups in total. The molecule has 3 aromatic rings. The first-order valence-corrected chi connectivity index (χ1v) is 8.98. The Bertz CT molecular complexity index is 944. The Hall–Kier alpha value is -3.41. The van der Waals surface area contributed by atoms with Gasteiger partial charge in [0.2, 0.25) is 5.95 Å². The van der Waals surface area contributed by atoms with Gasteiger partial charge in [-0.3, -0.25) is 0 Å². The lowest BCUT2D eigenvalue weighted by molar-refractivity contribution is -0.136. The maximum absolute atomic E-state index is 12.0. The molecule has 0 amide bonds. The van der Waals surface area contributed by atoms with Crippen LogP contribution in [0.4, 0.5) is 11.6 Å². The van der Waals surface area contributed by atoms with Crippen molar-refractivity contribution >= 4 is 17.6 Å². The summed E-state index contributed by atoms with van der Waals surface area (Å²) in [5.41, 5.74) is 4.75. The third-order valence-corrected chi connectivity index (χ3v) is 3.88. The molecular formula is C22H23N3O3. The highest BCUT2D eigenvalue weighted by atomic mass is 16.6. The van der Waals surface area contributed by atoms with Gasteiger partial charge in [-0.2, -0.15) is 0 Å². The van der Waals surface area contributed by atoms with E-state index in [9.17, 15) is 4.79 Å². The predicted octanol–water partition coefficient (Wildman–Crippen LogP) is 4.44. The Balaban J connectivity index is 1.55. The van der Waals surface area contributed by atoms with Crippen LogP contribution in [0.2, 0.25) is 0 Å². The number of esters is 1. The molecule has 0 atom stereocenters. The predicted molar refractivity (Wildman–Crippen MR) is 108 cm³/mol. The summed E-state index contributed by atoms with van der Waals surface area (Å²) < 4.78 is 10.8. The molecule has 0 bridgehead atoms. The Morgan fingerprint density at radius 2 is 1.46 bits per heavy atom. The van der Waals surface area contributed by atoms with Gasteiger partial charge in [0, 0.05) is 17.1 Å². The van der Waals surface area contributed by atoms with E-state index in [2.05, 4.69) is 15.3 Å². The van der Waals surface area contributed by atoms with E-state index < -0.39 is 5.97 Å². The Kier molecular flexibility index (Phi) is 5.89. The zero-order valence-corrected chi connectivity index (χ0v) is 16.4. The van der Waals surface area contributed by atoms with Crippen molar-refractivity contribution in [2.45, 2.75) is 27.7 Å². The fourth-order valence-corrected chi connectivity index (χ4v) is 2.84. The van der Waals surface area contributed by atoms with Crippen molar-refractivity contribution in [3.05, 3.63) is 71.0 Å². The number of aromatic nitrogens is 2. The summed E-state index contributed by atoms with van der Waals surface area (Å²) in [4.78, 5) is 20.7. The third-order valence-electron chi connectivity index (χ3n) is 3.88. The molecule has 0 aliphatic carbocycles. The number of carbonyl (C=O) groups is 1. The number of ether oxygens (including phenoxy) is 2. The molecule has 0 spiro atoms. The van der Waals surface area contributed by atoms with Crippen LogP contribution < -0.4 is 14.8 Å². The normalized spacial score (nSPS) is 10.4. The molecule has 6 nitrogen and oxygen atoms in total. The van der Waals surface area contributed by atoms with Gasteiger partial charge in [0.05, 0.1) is 0 Å². The first-order chi connectivity index (χ1) is 13.4. The van der Waals surface area contributed by atoms with Crippen molar-refractivity contribution in [2.24, 2.45) is 0 Å². The average Bonchev–Trinajstić information content (AvgIpc) is 2.60. The van der Waals surface area contributed by atoms with Gasteiger partial charge >= 0.3 is 5.97 Å². The SMILES string of the molecule is Cc1cc(C)cc(OCC(=O)Oc2ccc(Nc3nc(C)cc(C)n3)cc2)c1. The number of nitrogens with zero attached hydrogens (tertiary/aromatic N) is 2. The molecule has 0 saturated carbocycles. The number of anilines is 2. The van der Waals surface area contributed by atoms with Gasteiger partial charge in [0.15, 0.2) is 6.61 Å². The van der Waals surface area contributed by atoms with Crippen LogP contribution in [-0.4, -0.2) is 22.5 Å². The summed E-state index contributed by atoms with van der Waals surface area (Å²) in [7, 11) is 0. The molecule has 1 heterocycles. The minimum atomic E-state index is -0.461. The lowest BCUT2D eigenvalue weighted by atomic mass is 10.1. The highest BCUT2D eigenvalue weighted by molar-refractivity contribution is 5.74. The smallest absolute Gasteiger partial charge is 0.349 e. The molecule has 0 radical (unpaired) electrons. The van der Waals surface area contributed by atoms with E-state index in [0.29, 0.717) is 17.4 Å². The Morgan fingerprint density at radius 1 is 0.857 bits per heavy atom. The summed E-state index contributed by atoms with van der Waals surface area (Å²) in [5, 5.41) is 3.14. The molecule has 1 aromatic heterocycles. The number of carbonyl (C=O) groups excluding carboxylic acids is 1. The van der Waals surface area contributed by atoms with E-state index in [1.807, 2.05) is 52.0 Å². The summed E-state index contributed by atoms with van der Waals surface area (Å²) >= 11 is 0. The minimum absolute atomic E-state index is 0.153. The van der Waals surface area contributed by atoms with E-state index in [0.717, 1.165) is 28.2 Å². The van der Waals surface area contributed by atoms with Crippen LogP contribution in [0.1, 0.15) is 22.5 Å². The summed E-state index contributed by atoms with van der Waals surface area (Å²) in [6.07, 6.45) is 0. The molecule has 0 saturated heterocycles. The summed E-state index contributed by atoms with van der Waals surface area (Å²) in [6, 6.07) is 14.7. The molecule has 6 heteroatoms. The quantitative estimate of drug-likeness (QED) is 0.506. The van der Waals surface area contributed by atoms with Crippen molar-refractivity contribution in [3.63, 3.8) is 0 Å². The molecule has 0 aliphatic rings. The lowest BCUT2D eigenvalue weighted by Gasteiger charge is -2.09. The topological polar surface area (TPSA) is 73.3 Å². The number of hydrogen-bond donors (Lipinski definition) is 1. The second-order valence-electron chi connectivity index (χ2n) is 6.71. The van der Waals surface area contributed by atoms with Gasteiger partial charge in [-0.15, -0.1) is 0 Å². The van der Waals surface area contributed by atoms with Crippen LogP contribution in [0.5, 0.6) is 11.5 Å². The van der Waals surface area contributed by atoms with Crippen molar-refractivity contribution in [1.29, 1.82) is 0 Å². The monoisotopic (exact) mass is 377 g/mol. The molecule has 144 valence electrons. The van der Waals surface area contributed by atoms with E-state index in [1.54, 1.807) is 24.3 Å². The van der Waals surface area contributed by atoms with Crippen molar-refractivity contribution in [1.82, 2.24) is 9.97 Å². The second kappa shape index (κ2) is 8.52. The standard InChI is InChI=1S/C22H23N3O3/c1-14-9-15(2)11-20(10-14)27-13-21(26)28-19-7-5-18(6-8-19)25-22-23-16(3)12-17(4)24-22/h5-12H,13H2,1-4H3,(H,23,24,25). The average molecular weight is 377 g/mol. The molecular weight excluding hydrogens is 354 g/mol. The van der Waals surface area contributed by atoms with E-state index in [1.165, 1.54) is 0 Å². The van der Waals surface area contributed by atoms with Crippen LogP contribution >= 0.6 is 0 Å². The number of nitrogens with one attached hydrogen (secondary N) is 1. The summed E-state index contributed by atoms with van der Waals surface area (Å²) in [5.74, 6) is 1.17. The largest absolute Gasteiger partial charge is 0.482 e. The van der Waals surface area contributed by atoms with Crippen LogP contribution in [-0.2, 0) is 4.79 Å². The van der Waals surface area contributed by atoms with Crippen LogP contribution in [0.15, 0.2) is 48.5 Å². The molecule has 0 fully saturated rings.